The van der Waals surface area contributed by atoms with Gasteiger partial charge >= 0.3 is 0 Å². The summed E-state index contributed by atoms with van der Waals surface area (Å²) >= 11 is 5.14. The van der Waals surface area contributed by atoms with Gasteiger partial charge in [0.05, 0.1) is 0 Å². The first-order valence-electron chi connectivity index (χ1n) is 6.17. The van der Waals surface area contributed by atoms with Crippen LogP contribution in [0.5, 0.6) is 0 Å². The molecule has 0 saturated heterocycles. The highest BCUT2D eigenvalue weighted by atomic mass is 32.2. The molecule has 0 radical (unpaired) electrons. The molecule has 0 atom stereocenters. The van der Waals surface area contributed by atoms with Crippen LogP contribution in [0.2, 0.25) is 0 Å². The molecule has 1 rings (SSSR count). The summed E-state index contributed by atoms with van der Waals surface area (Å²) in [5, 5.41) is 9.42. The van der Waals surface area contributed by atoms with Gasteiger partial charge in [-0.1, -0.05) is 23.5 Å². The number of nitrogens with zero attached hydrogens (tertiary/aromatic N) is 3. The minimum atomic E-state index is 0.599. The van der Waals surface area contributed by atoms with E-state index in [1.54, 1.807) is 23.5 Å². The van der Waals surface area contributed by atoms with E-state index in [0.29, 0.717) is 5.17 Å². The predicted octanol–water partition coefficient (Wildman–Crippen LogP) is 3.26. The topological polar surface area (TPSA) is 42.7 Å². The average Bonchev–Trinajstić information content (AvgIpc) is 2.84. The third-order valence-electron chi connectivity index (χ3n) is 2.39. The molecule has 0 aliphatic rings. The zero-order chi connectivity index (χ0) is 15.1. The molecular weight excluding hydrogens is 308 g/mol. The first-order valence-corrected chi connectivity index (χ1v) is 8.96. The Morgan fingerprint density at radius 3 is 2.10 bits per heavy atom. The maximum Gasteiger partial charge on any atom is 0.158 e. The molecule has 1 heterocycles. The Labute approximate surface area is 134 Å². The Morgan fingerprint density at radius 2 is 1.65 bits per heavy atom. The highest BCUT2D eigenvalue weighted by Gasteiger charge is 2.07. The Hall–Kier alpha value is -0.660. The highest BCUT2D eigenvalue weighted by Crippen LogP contribution is 2.26. The number of hydrogen-bond acceptors (Lipinski definition) is 5. The molecule has 112 valence electrons. The van der Waals surface area contributed by atoms with Gasteiger partial charge in [0.1, 0.15) is 0 Å². The van der Waals surface area contributed by atoms with Crippen LogP contribution in [0.3, 0.4) is 0 Å². The van der Waals surface area contributed by atoms with Gasteiger partial charge in [-0.05, 0) is 12.1 Å². The summed E-state index contributed by atoms with van der Waals surface area (Å²) in [6, 6.07) is 4.34. The van der Waals surface area contributed by atoms with E-state index in [1.807, 2.05) is 56.4 Å². The summed E-state index contributed by atoms with van der Waals surface area (Å²) in [6.07, 6.45) is 0. The Morgan fingerprint density at radius 1 is 1.10 bits per heavy atom. The van der Waals surface area contributed by atoms with Crippen LogP contribution < -0.4 is 0 Å². The van der Waals surface area contributed by atoms with E-state index in [4.69, 9.17) is 5.41 Å². The maximum absolute atomic E-state index is 7.78. The minimum Gasteiger partial charge on any atom is -0.358 e. The van der Waals surface area contributed by atoms with Crippen molar-refractivity contribution in [3.63, 3.8) is 0 Å². The van der Waals surface area contributed by atoms with Crippen molar-refractivity contribution in [3.8, 4) is 0 Å². The second kappa shape index (κ2) is 8.59. The Kier molecular flexibility index (Phi) is 7.47. The Balaban J connectivity index is 2.45. The van der Waals surface area contributed by atoms with Crippen molar-refractivity contribution in [3.05, 3.63) is 21.9 Å². The molecular formula is C13H22N4S3. The van der Waals surface area contributed by atoms with Crippen molar-refractivity contribution >= 4 is 45.2 Å². The number of nitrogens with one attached hydrogen (secondary N) is 1. The van der Waals surface area contributed by atoms with E-state index in [1.165, 1.54) is 9.75 Å². The fourth-order valence-electron chi connectivity index (χ4n) is 1.38. The van der Waals surface area contributed by atoms with Gasteiger partial charge in [-0.2, -0.15) is 0 Å². The summed E-state index contributed by atoms with van der Waals surface area (Å²) < 4.78 is 0. The molecule has 4 nitrogen and oxygen atoms in total. The zero-order valence-corrected chi connectivity index (χ0v) is 15.1. The molecule has 7 heteroatoms. The van der Waals surface area contributed by atoms with Crippen molar-refractivity contribution in [2.45, 2.75) is 11.5 Å². The van der Waals surface area contributed by atoms with Crippen LogP contribution in [-0.2, 0) is 11.5 Å². The van der Waals surface area contributed by atoms with Gasteiger partial charge in [-0.15, -0.1) is 11.3 Å². The average molecular weight is 331 g/mol. The maximum atomic E-state index is 7.78. The lowest BCUT2D eigenvalue weighted by Crippen LogP contribution is -2.18. The van der Waals surface area contributed by atoms with E-state index in [9.17, 15) is 0 Å². The molecule has 0 aromatic carbocycles. The van der Waals surface area contributed by atoms with Gasteiger partial charge in [0, 0.05) is 56.5 Å². The first-order chi connectivity index (χ1) is 9.43. The molecule has 20 heavy (non-hydrogen) atoms. The number of hydrogen-bond donors (Lipinski definition) is 1. The number of thiophene rings is 1. The van der Waals surface area contributed by atoms with Crippen molar-refractivity contribution < 1.29 is 0 Å². The fourth-order valence-corrected chi connectivity index (χ4v) is 4.20. The summed E-state index contributed by atoms with van der Waals surface area (Å²) in [5.74, 6) is 1.82. The van der Waals surface area contributed by atoms with Gasteiger partial charge < -0.3 is 9.80 Å². The molecule has 0 spiro atoms. The molecule has 0 unspecified atom stereocenters. The summed E-state index contributed by atoms with van der Waals surface area (Å²) in [6.45, 7) is 0. The van der Waals surface area contributed by atoms with Gasteiger partial charge in [0.15, 0.2) is 10.3 Å². The van der Waals surface area contributed by atoms with Crippen LogP contribution in [-0.4, -0.2) is 55.4 Å². The Bertz CT molecular complexity index is 466. The van der Waals surface area contributed by atoms with Crippen LogP contribution in [0.15, 0.2) is 17.1 Å². The second-order valence-corrected chi connectivity index (χ2v) is 7.70. The molecule has 1 aromatic heterocycles. The lowest BCUT2D eigenvalue weighted by atomic mass is 10.5. The normalized spacial score (nSPS) is 11.6. The van der Waals surface area contributed by atoms with E-state index in [0.717, 1.165) is 16.7 Å². The SMILES string of the molecule is C/N=C(/SCc1ccc(CSC(=N)N(C)C)s1)N(C)C. The third-order valence-corrected chi connectivity index (χ3v) is 6.20. The smallest absolute Gasteiger partial charge is 0.158 e. The van der Waals surface area contributed by atoms with E-state index in [2.05, 4.69) is 17.1 Å². The van der Waals surface area contributed by atoms with E-state index in [-0.39, 0.29) is 0 Å². The molecule has 0 aliphatic carbocycles. The summed E-state index contributed by atoms with van der Waals surface area (Å²) in [7, 11) is 9.65. The van der Waals surface area contributed by atoms with Crippen LogP contribution in [0.4, 0.5) is 0 Å². The summed E-state index contributed by atoms with van der Waals surface area (Å²) in [5.41, 5.74) is 0. The molecule has 0 fully saturated rings. The molecule has 1 N–H and O–H groups in total. The number of amidine groups is 2. The third kappa shape index (κ3) is 5.76. The zero-order valence-electron chi connectivity index (χ0n) is 12.6. The van der Waals surface area contributed by atoms with Gasteiger partial charge in [-0.3, -0.25) is 10.4 Å². The standard InChI is InChI=1S/C13H22N4S3/c1-15-13(17(4)5)19-9-11-7-6-10(20-11)8-18-12(14)16(2)3/h6-7,14H,8-9H2,1-5H3/b14-12?,15-13+. The number of thioether (sulfide) groups is 2. The first kappa shape index (κ1) is 17.4. The van der Waals surface area contributed by atoms with Crippen molar-refractivity contribution in [2.24, 2.45) is 4.99 Å². The molecule has 0 saturated carbocycles. The molecule has 0 bridgehead atoms. The lowest BCUT2D eigenvalue weighted by Gasteiger charge is -2.13. The minimum absolute atomic E-state index is 0.599. The largest absolute Gasteiger partial charge is 0.358 e. The van der Waals surface area contributed by atoms with Gasteiger partial charge in [-0.25, -0.2) is 0 Å². The predicted molar refractivity (Wildman–Crippen MR) is 95.4 cm³/mol. The van der Waals surface area contributed by atoms with Crippen molar-refractivity contribution in [2.75, 3.05) is 35.2 Å². The van der Waals surface area contributed by atoms with E-state index >= 15 is 0 Å². The quantitative estimate of drug-likeness (QED) is 0.680. The van der Waals surface area contributed by atoms with Gasteiger partial charge in [0.2, 0.25) is 0 Å². The van der Waals surface area contributed by atoms with Gasteiger partial charge in [0.25, 0.3) is 0 Å². The van der Waals surface area contributed by atoms with E-state index < -0.39 is 0 Å². The van der Waals surface area contributed by atoms with Crippen LogP contribution >= 0.6 is 34.9 Å². The fraction of sp³-hybridized carbons (Fsp3) is 0.538. The lowest BCUT2D eigenvalue weighted by molar-refractivity contribution is 0.632. The summed E-state index contributed by atoms with van der Waals surface area (Å²) in [4.78, 5) is 10.8. The van der Waals surface area contributed by atoms with Crippen molar-refractivity contribution in [1.82, 2.24) is 9.80 Å². The van der Waals surface area contributed by atoms with Crippen LogP contribution in [0.1, 0.15) is 9.75 Å². The number of aliphatic imine (C=N–C) groups is 1. The highest BCUT2D eigenvalue weighted by molar-refractivity contribution is 8.13. The van der Waals surface area contributed by atoms with Crippen molar-refractivity contribution in [1.29, 1.82) is 5.41 Å². The monoisotopic (exact) mass is 330 g/mol. The second-order valence-electron chi connectivity index (χ2n) is 4.55. The molecule has 0 amide bonds. The van der Waals surface area contributed by atoms with Crippen LogP contribution in [0, 0.1) is 5.41 Å². The number of rotatable bonds is 4. The molecule has 1 aromatic rings. The molecule has 0 aliphatic heterocycles. The van der Waals surface area contributed by atoms with Crippen LogP contribution in [0.25, 0.3) is 0 Å².